The van der Waals surface area contributed by atoms with E-state index in [1.54, 1.807) is 37.3 Å². The van der Waals surface area contributed by atoms with E-state index >= 15 is 0 Å². The van der Waals surface area contributed by atoms with Crippen LogP contribution in [0.2, 0.25) is 0 Å². The quantitative estimate of drug-likeness (QED) is 0.370. The highest BCUT2D eigenvalue weighted by Crippen LogP contribution is 2.24. The number of phenolic OH excluding ortho intramolecular Hbond substituents is 1. The molecular weight excluding hydrogens is 511 g/mol. The van der Waals surface area contributed by atoms with E-state index in [2.05, 4.69) is 10.6 Å². The normalized spacial score (nSPS) is 12.7. The molecule has 2 aliphatic rings. The molecule has 2 amide bonds. The number of aryl methyl sites for hydroxylation is 1. The van der Waals surface area contributed by atoms with Crippen molar-refractivity contribution in [3.8, 4) is 5.75 Å². The molecule has 0 radical (unpaired) electrons. The van der Waals surface area contributed by atoms with Gasteiger partial charge in [-0.1, -0.05) is 18.2 Å². The number of phenols is 1. The van der Waals surface area contributed by atoms with E-state index in [-0.39, 0.29) is 29.9 Å². The van der Waals surface area contributed by atoms with Gasteiger partial charge in [0.25, 0.3) is 23.4 Å². The summed E-state index contributed by atoms with van der Waals surface area (Å²) in [5.41, 5.74) is 3.51. The zero-order chi connectivity index (χ0) is 28.9. The lowest BCUT2D eigenvalue weighted by molar-refractivity contribution is -0.136. The van der Waals surface area contributed by atoms with Crippen LogP contribution in [0.25, 0.3) is 0 Å². The second-order valence-electron chi connectivity index (χ2n) is 8.66. The number of carbonyl (C=O) groups excluding carboxylic acids is 5. The molecule has 3 aromatic carbocycles. The number of halogens is 1. The third-order valence-corrected chi connectivity index (χ3v) is 5.63. The van der Waals surface area contributed by atoms with Crippen molar-refractivity contribution in [3.05, 3.63) is 88.2 Å². The van der Waals surface area contributed by atoms with Crippen LogP contribution in [0, 0.1) is 12.7 Å². The number of carboxylic acids is 1. The largest absolute Gasteiger partial charge is 0.508 e. The molecular formula is C28H23FN2O8. The van der Waals surface area contributed by atoms with Gasteiger partial charge in [-0.2, -0.15) is 0 Å². The summed E-state index contributed by atoms with van der Waals surface area (Å²) >= 11 is 0. The van der Waals surface area contributed by atoms with Gasteiger partial charge in [-0.3, -0.25) is 28.8 Å². The maximum Gasteiger partial charge on any atom is 0.307 e. The average molecular weight is 534 g/mol. The smallest absolute Gasteiger partial charge is 0.307 e. The van der Waals surface area contributed by atoms with Crippen molar-refractivity contribution in [2.45, 2.75) is 26.7 Å². The highest BCUT2D eigenvalue weighted by atomic mass is 19.1. The molecule has 39 heavy (non-hydrogen) atoms. The van der Waals surface area contributed by atoms with Gasteiger partial charge in [-0.05, 0) is 61.4 Å². The van der Waals surface area contributed by atoms with Crippen LogP contribution in [0.1, 0.15) is 44.3 Å². The summed E-state index contributed by atoms with van der Waals surface area (Å²) in [4.78, 5) is 65.0. The Balaban J connectivity index is 0.000000165. The molecule has 0 saturated carbocycles. The number of carboxylic acid groups (broad SMARTS) is 1. The lowest BCUT2D eigenvalue weighted by Crippen LogP contribution is -2.12. The van der Waals surface area contributed by atoms with E-state index < -0.39 is 35.2 Å². The van der Waals surface area contributed by atoms with Gasteiger partial charge >= 0.3 is 5.97 Å². The minimum atomic E-state index is -0.992. The van der Waals surface area contributed by atoms with Crippen LogP contribution in [0.3, 0.4) is 0 Å². The number of aromatic hydroxyl groups is 1. The molecule has 4 N–H and O–H groups in total. The third-order valence-electron chi connectivity index (χ3n) is 5.63. The van der Waals surface area contributed by atoms with Crippen LogP contribution in [0.4, 0.5) is 15.8 Å². The van der Waals surface area contributed by atoms with Gasteiger partial charge < -0.3 is 20.8 Å². The lowest BCUT2D eigenvalue weighted by Gasteiger charge is -2.08. The Kier molecular flexibility index (Phi) is 8.66. The Bertz CT molecular complexity index is 1490. The Morgan fingerprint density at radius 3 is 1.97 bits per heavy atom. The molecule has 3 aromatic rings. The zero-order valence-corrected chi connectivity index (χ0v) is 20.8. The van der Waals surface area contributed by atoms with Gasteiger partial charge in [-0.15, -0.1) is 0 Å². The number of rotatable bonds is 4. The molecule has 200 valence electrons. The molecule has 0 fully saturated rings. The van der Waals surface area contributed by atoms with E-state index in [4.69, 9.17) is 5.11 Å². The summed E-state index contributed by atoms with van der Waals surface area (Å²) in [5.74, 6) is -3.92. The standard InChI is InChI=1S/C12H14O4.C8H4FNO2.C8H5NO2/c1-7-3-10(6-12(15)16)11(14)5-9(7)4-8(2)13;9-4-1-2-6-5(3-4)7(11)8(12)10-6;10-7-5-3-1-2-4-6(5)9-8(7)11/h3,5,14H,4,6H2,1-2H3,(H,15,16);1-3H,(H,10,11,12);1-4H,(H,9,10,11). The summed E-state index contributed by atoms with van der Waals surface area (Å²) in [6, 6.07) is 13.5. The number of aliphatic carboxylic acids is 1. The van der Waals surface area contributed by atoms with Gasteiger partial charge in [0.2, 0.25) is 0 Å². The van der Waals surface area contributed by atoms with Gasteiger partial charge in [0.15, 0.2) is 0 Å². The Morgan fingerprint density at radius 2 is 1.38 bits per heavy atom. The number of fused-ring (bicyclic) bond motifs is 2. The van der Waals surface area contributed by atoms with Crippen molar-refractivity contribution in [2.24, 2.45) is 0 Å². The number of ketones is 3. The number of benzene rings is 3. The molecule has 2 aliphatic heterocycles. The average Bonchev–Trinajstić information content (AvgIpc) is 3.31. The van der Waals surface area contributed by atoms with Crippen LogP contribution in [-0.2, 0) is 32.0 Å². The molecule has 0 unspecified atom stereocenters. The second kappa shape index (κ2) is 11.9. The van der Waals surface area contributed by atoms with Gasteiger partial charge in [0.1, 0.15) is 17.3 Å². The molecule has 11 heteroatoms. The minimum Gasteiger partial charge on any atom is -0.508 e. The predicted octanol–water partition coefficient (Wildman–Crippen LogP) is 3.24. The van der Waals surface area contributed by atoms with Crippen LogP contribution in [0.15, 0.2) is 54.6 Å². The van der Waals surface area contributed by atoms with Crippen molar-refractivity contribution in [3.63, 3.8) is 0 Å². The first kappa shape index (κ1) is 28.4. The first-order valence-electron chi connectivity index (χ1n) is 11.5. The van der Waals surface area contributed by atoms with Gasteiger partial charge in [0.05, 0.1) is 28.9 Å². The molecule has 2 heterocycles. The van der Waals surface area contributed by atoms with E-state index in [9.17, 15) is 38.3 Å². The fourth-order valence-electron chi connectivity index (χ4n) is 3.77. The fraction of sp³-hybridized carbons (Fsp3) is 0.143. The third kappa shape index (κ3) is 6.98. The van der Waals surface area contributed by atoms with E-state index in [0.29, 0.717) is 22.5 Å². The van der Waals surface area contributed by atoms with Crippen molar-refractivity contribution < 1.29 is 43.4 Å². The number of para-hydroxylation sites is 1. The Morgan fingerprint density at radius 1 is 0.795 bits per heavy atom. The molecule has 10 nitrogen and oxygen atoms in total. The number of nitrogens with one attached hydrogen (secondary N) is 2. The number of carbonyl (C=O) groups is 6. The van der Waals surface area contributed by atoms with Crippen LogP contribution in [0.5, 0.6) is 5.75 Å². The first-order chi connectivity index (χ1) is 18.4. The fourth-order valence-corrected chi connectivity index (χ4v) is 3.77. The molecule has 0 saturated heterocycles. The van der Waals surface area contributed by atoms with Crippen LogP contribution >= 0.6 is 0 Å². The number of hydrogen-bond acceptors (Lipinski definition) is 7. The second-order valence-corrected chi connectivity index (χ2v) is 8.66. The van der Waals surface area contributed by atoms with Gasteiger partial charge in [0, 0.05) is 12.0 Å². The van der Waals surface area contributed by atoms with Crippen molar-refractivity contribution in [2.75, 3.05) is 10.6 Å². The Labute approximate surface area is 221 Å². The monoisotopic (exact) mass is 534 g/mol. The minimum absolute atomic E-state index is 0.00786. The van der Waals surface area contributed by atoms with E-state index in [1.165, 1.54) is 25.1 Å². The molecule has 5 rings (SSSR count). The van der Waals surface area contributed by atoms with E-state index in [0.717, 1.165) is 17.2 Å². The van der Waals surface area contributed by atoms with Gasteiger partial charge in [-0.25, -0.2) is 4.39 Å². The summed E-state index contributed by atoms with van der Waals surface area (Å²) < 4.78 is 12.6. The van der Waals surface area contributed by atoms with Crippen molar-refractivity contribution >= 4 is 46.5 Å². The number of hydrogen-bond donors (Lipinski definition) is 4. The highest BCUT2D eigenvalue weighted by Gasteiger charge is 2.28. The van der Waals surface area contributed by atoms with Crippen LogP contribution in [-0.4, -0.2) is 45.3 Å². The molecule has 0 aromatic heterocycles. The highest BCUT2D eigenvalue weighted by molar-refractivity contribution is 6.52. The van der Waals surface area contributed by atoms with E-state index in [1.807, 2.05) is 0 Å². The summed E-state index contributed by atoms with van der Waals surface area (Å²) in [6.07, 6.45) is 0.0414. The maximum atomic E-state index is 12.6. The number of Topliss-reactive ketones (excluding diaryl/α,β-unsaturated/α-hetero) is 3. The number of amides is 2. The predicted molar refractivity (Wildman–Crippen MR) is 137 cm³/mol. The lowest BCUT2D eigenvalue weighted by atomic mass is 9.99. The number of anilines is 2. The summed E-state index contributed by atoms with van der Waals surface area (Å²) in [5, 5.41) is 23.0. The molecule has 0 spiro atoms. The first-order valence-corrected chi connectivity index (χ1v) is 11.5. The molecule has 0 bridgehead atoms. The summed E-state index contributed by atoms with van der Waals surface area (Å²) in [6.45, 7) is 3.27. The molecule has 0 aliphatic carbocycles. The van der Waals surface area contributed by atoms with Crippen molar-refractivity contribution in [1.82, 2.24) is 0 Å². The Hall–Kier alpha value is -5.19. The maximum absolute atomic E-state index is 12.6. The van der Waals surface area contributed by atoms with Crippen molar-refractivity contribution in [1.29, 1.82) is 0 Å². The molecule has 0 atom stereocenters. The SMILES string of the molecule is CC(=O)Cc1cc(O)c(CC(=O)O)cc1C.O=C1Nc2ccc(F)cc2C1=O.O=C1Nc2ccccc2C1=O. The topological polar surface area (TPSA) is 167 Å². The van der Waals surface area contributed by atoms with Crippen LogP contribution < -0.4 is 10.6 Å². The summed E-state index contributed by atoms with van der Waals surface area (Å²) in [7, 11) is 0. The zero-order valence-electron chi connectivity index (χ0n) is 20.8.